The highest BCUT2D eigenvalue weighted by Crippen LogP contribution is 2.23. The summed E-state index contributed by atoms with van der Waals surface area (Å²) in [5.41, 5.74) is 0.260. The van der Waals surface area contributed by atoms with Crippen LogP contribution in [0.1, 0.15) is 38.5 Å². The van der Waals surface area contributed by atoms with Gasteiger partial charge in [0, 0.05) is 30.5 Å². The van der Waals surface area contributed by atoms with E-state index in [1.54, 1.807) is 13.8 Å². The Hall–Kier alpha value is -2.44. The van der Waals surface area contributed by atoms with E-state index < -0.39 is 23.2 Å². The third-order valence-corrected chi connectivity index (χ3v) is 2.43. The zero-order valence-electron chi connectivity index (χ0n) is 11.2. The molecule has 20 heavy (non-hydrogen) atoms. The molecular formula is C13H15NO6. The summed E-state index contributed by atoms with van der Waals surface area (Å²) in [6.45, 7) is 3.22. The molecule has 0 saturated carbocycles. The first-order chi connectivity index (χ1) is 9.47. The van der Waals surface area contributed by atoms with Crippen LogP contribution in [0.5, 0.6) is 0 Å². The first-order valence-corrected chi connectivity index (χ1v) is 6.11. The van der Waals surface area contributed by atoms with Crippen LogP contribution < -0.4 is 0 Å². The van der Waals surface area contributed by atoms with Crippen LogP contribution in [-0.4, -0.2) is 16.9 Å². The second-order valence-corrected chi connectivity index (χ2v) is 3.87. The Kier molecular flexibility index (Phi) is 5.64. The van der Waals surface area contributed by atoms with Gasteiger partial charge < -0.3 is 9.47 Å². The van der Waals surface area contributed by atoms with E-state index >= 15 is 0 Å². The van der Waals surface area contributed by atoms with E-state index in [1.165, 1.54) is 24.3 Å². The Morgan fingerprint density at radius 1 is 1.10 bits per heavy atom. The predicted octanol–water partition coefficient (Wildman–Crippen LogP) is 2.50. The summed E-state index contributed by atoms with van der Waals surface area (Å²) in [5.74, 6) is -1.06. The Labute approximate surface area is 115 Å². The monoisotopic (exact) mass is 281 g/mol. The molecule has 1 aromatic rings. The number of ether oxygens (including phenoxy) is 2. The Morgan fingerprint density at radius 3 is 1.90 bits per heavy atom. The zero-order valence-corrected chi connectivity index (χ0v) is 11.2. The van der Waals surface area contributed by atoms with E-state index in [1.807, 2.05) is 0 Å². The van der Waals surface area contributed by atoms with E-state index in [0.29, 0.717) is 5.56 Å². The Balaban J connectivity index is 2.93. The van der Waals surface area contributed by atoms with Crippen LogP contribution >= 0.6 is 0 Å². The topological polar surface area (TPSA) is 95.7 Å². The molecule has 1 aromatic carbocycles. The van der Waals surface area contributed by atoms with Gasteiger partial charge in [-0.25, -0.2) is 0 Å². The summed E-state index contributed by atoms with van der Waals surface area (Å²) in [6, 6.07) is 5.27. The zero-order chi connectivity index (χ0) is 15.1. The lowest BCUT2D eigenvalue weighted by Gasteiger charge is -2.17. The van der Waals surface area contributed by atoms with Crippen molar-refractivity contribution < 1.29 is 24.0 Å². The summed E-state index contributed by atoms with van der Waals surface area (Å²) in [5, 5.41) is 10.6. The van der Waals surface area contributed by atoms with Gasteiger partial charge in [0.05, 0.1) is 4.92 Å². The maximum absolute atomic E-state index is 11.3. The van der Waals surface area contributed by atoms with Gasteiger partial charge in [0.1, 0.15) is 0 Å². The standard InChI is InChI=1S/C13H15NO6/c1-3-11(15)19-13(20-12(16)4-2)9-5-7-10(8-6-9)14(17)18/h5-8,13H,3-4H2,1-2H3. The molecule has 0 atom stereocenters. The number of rotatable bonds is 6. The van der Waals surface area contributed by atoms with Gasteiger partial charge in [0.15, 0.2) is 0 Å². The minimum Gasteiger partial charge on any atom is -0.421 e. The number of nitro groups is 1. The average Bonchev–Trinajstić information content (AvgIpc) is 2.46. The number of hydrogen-bond acceptors (Lipinski definition) is 6. The minimum atomic E-state index is -1.18. The molecule has 0 bridgehead atoms. The van der Waals surface area contributed by atoms with Crippen molar-refractivity contribution in [3.05, 3.63) is 39.9 Å². The van der Waals surface area contributed by atoms with Crippen LogP contribution in [0.4, 0.5) is 5.69 Å². The maximum Gasteiger partial charge on any atom is 0.308 e. The molecule has 0 aliphatic rings. The average molecular weight is 281 g/mol. The molecule has 0 fully saturated rings. The van der Waals surface area contributed by atoms with E-state index in [4.69, 9.17) is 9.47 Å². The SMILES string of the molecule is CCC(=O)OC(OC(=O)CC)c1ccc([N+](=O)[O-])cc1. The smallest absolute Gasteiger partial charge is 0.308 e. The number of nitro benzene ring substituents is 1. The molecule has 1 rings (SSSR count). The predicted molar refractivity (Wildman–Crippen MR) is 68.6 cm³/mol. The van der Waals surface area contributed by atoms with Crippen LogP contribution in [-0.2, 0) is 19.1 Å². The highest BCUT2D eigenvalue weighted by molar-refractivity contribution is 5.71. The number of benzene rings is 1. The van der Waals surface area contributed by atoms with Crippen molar-refractivity contribution in [2.24, 2.45) is 0 Å². The molecule has 0 radical (unpaired) electrons. The molecule has 0 heterocycles. The second-order valence-electron chi connectivity index (χ2n) is 3.87. The fraction of sp³-hybridized carbons (Fsp3) is 0.385. The van der Waals surface area contributed by atoms with E-state index in [0.717, 1.165) is 0 Å². The summed E-state index contributed by atoms with van der Waals surface area (Å²) < 4.78 is 10.0. The molecule has 0 N–H and O–H groups in total. The molecule has 7 nitrogen and oxygen atoms in total. The number of esters is 2. The van der Waals surface area contributed by atoms with Crippen molar-refractivity contribution in [3.63, 3.8) is 0 Å². The second kappa shape index (κ2) is 7.22. The number of nitrogens with zero attached hydrogens (tertiary/aromatic N) is 1. The normalized spacial score (nSPS) is 10.2. The van der Waals surface area contributed by atoms with E-state index in [2.05, 4.69) is 0 Å². The van der Waals surface area contributed by atoms with Crippen molar-refractivity contribution in [1.82, 2.24) is 0 Å². The molecule has 0 amide bonds. The van der Waals surface area contributed by atoms with Crippen molar-refractivity contribution in [3.8, 4) is 0 Å². The summed E-state index contributed by atoms with van der Waals surface area (Å²) in [6.07, 6.45) is -0.920. The number of hydrogen-bond donors (Lipinski definition) is 0. The molecule has 0 spiro atoms. The molecule has 108 valence electrons. The molecule has 7 heteroatoms. The van der Waals surface area contributed by atoms with Gasteiger partial charge in [-0.15, -0.1) is 0 Å². The number of non-ortho nitro benzene ring substituents is 1. The highest BCUT2D eigenvalue weighted by Gasteiger charge is 2.20. The van der Waals surface area contributed by atoms with Crippen LogP contribution in [0, 0.1) is 10.1 Å². The third kappa shape index (κ3) is 4.34. The summed E-state index contributed by atoms with van der Waals surface area (Å²) in [7, 11) is 0. The van der Waals surface area contributed by atoms with Gasteiger partial charge in [0.25, 0.3) is 12.0 Å². The fourth-order valence-electron chi connectivity index (χ4n) is 1.32. The lowest BCUT2D eigenvalue weighted by atomic mass is 10.2. The summed E-state index contributed by atoms with van der Waals surface area (Å²) >= 11 is 0. The van der Waals surface area contributed by atoms with Crippen LogP contribution in [0.15, 0.2) is 24.3 Å². The van der Waals surface area contributed by atoms with E-state index in [9.17, 15) is 19.7 Å². The van der Waals surface area contributed by atoms with Crippen LogP contribution in [0.25, 0.3) is 0 Å². The molecular weight excluding hydrogens is 266 g/mol. The van der Waals surface area contributed by atoms with Crippen LogP contribution in [0.2, 0.25) is 0 Å². The molecule has 0 unspecified atom stereocenters. The number of carbonyl (C=O) groups is 2. The molecule has 0 saturated heterocycles. The van der Waals surface area contributed by atoms with Gasteiger partial charge in [-0.2, -0.15) is 0 Å². The minimum absolute atomic E-state index is 0.101. The maximum atomic E-state index is 11.3. The quantitative estimate of drug-likeness (QED) is 0.344. The van der Waals surface area contributed by atoms with Gasteiger partial charge in [-0.3, -0.25) is 19.7 Å². The van der Waals surface area contributed by atoms with Crippen molar-refractivity contribution in [1.29, 1.82) is 0 Å². The molecule has 0 aromatic heterocycles. The van der Waals surface area contributed by atoms with E-state index in [-0.39, 0.29) is 18.5 Å². The largest absolute Gasteiger partial charge is 0.421 e. The van der Waals surface area contributed by atoms with Crippen molar-refractivity contribution in [2.45, 2.75) is 33.0 Å². The lowest BCUT2D eigenvalue weighted by molar-refractivity contribution is -0.384. The van der Waals surface area contributed by atoms with Gasteiger partial charge in [-0.1, -0.05) is 13.8 Å². The third-order valence-electron chi connectivity index (χ3n) is 2.43. The number of carbonyl (C=O) groups excluding carboxylic acids is 2. The van der Waals surface area contributed by atoms with Gasteiger partial charge >= 0.3 is 11.9 Å². The fourth-order valence-corrected chi connectivity index (χ4v) is 1.32. The van der Waals surface area contributed by atoms with Crippen molar-refractivity contribution in [2.75, 3.05) is 0 Å². The molecule has 0 aliphatic heterocycles. The van der Waals surface area contributed by atoms with Crippen LogP contribution in [0.3, 0.4) is 0 Å². The Morgan fingerprint density at radius 2 is 1.55 bits per heavy atom. The van der Waals surface area contributed by atoms with Gasteiger partial charge in [0.2, 0.25) is 0 Å². The Bertz CT molecular complexity index is 478. The van der Waals surface area contributed by atoms with Crippen molar-refractivity contribution >= 4 is 17.6 Å². The van der Waals surface area contributed by atoms with Gasteiger partial charge in [-0.05, 0) is 12.1 Å². The first kappa shape index (κ1) is 15.6. The highest BCUT2D eigenvalue weighted by atomic mass is 16.7. The first-order valence-electron chi connectivity index (χ1n) is 6.11. The molecule has 0 aliphatic carbocycles. The summed E-state index contributed by atoms with van der Waals surface area (Å²) in [4.78, 5) is 32.7. The lowest BCUT2D eigenvalue weighted by Crippen LogP contribution is -2.17.